The van der Waals surface area contributed by atoms with Gasteiger partial charge >= 0.3 is 5.97 Å². The Kier molecular flexibility index (Phi) is 23.7. The van der Waals surface area contributed by atoms with Crippen LogP contribution in [-0.2, 0) is 38.9 Å². The van der Waals surface area contributed by atoms with Gasteiger partial charge in [0.2, 0.25) is 0 Å². The van der Waals surface area contributed by atoms with Gasteiger partial charge in [0.1, 0.15) is 35.7 Å². The predicted molar refractivity (Wildman–Crippen MR) is 418 cm³/mol. The Morgan fingerprint density at radius 1 is 0.374 bits per heavy atom. The van der Waals surface area contributed by atoms with E-state index < -0.39 is 5.97 Å². The van der Waals surface area contributed by atoms with Crippen LogP contribution in [-0.4, -0.2) is 67.7 Å². The minimum Gasteiger partial charge on any atom is -0.478 e. The van der Waals surface area contributed by atoms with Crippen LogP contribution in [0.1, 0.15) is 106 Å². The lowest BCUT2D eigenvalue weighted by Gasteiger charge is -2.09. The summed E-state index contributed by atoms with van der Waals surface area (Å²) in [6, 6.07) is 56.0. The molecule has 107 heavy (non-hydrogen) atoms. The summed E-state index contributed by atoms with van der Waals surface area (Å²) < 4.78 is 0. The molecule has 0 saturated heterocycles. The zero-order valence-electron chi connectivity index (χ0n) is 56.0. The van der Waals surface area contributed by atoms with Gasteiger partial charge in [-0.1, -0.05) is 78.6 Å². The molecule has 9 aromatic heterocycles. The topological polar surface area (TPSA) is 387 Å². The summed E-state index contributed by atoms with van der Waals surface area (Å²) in [4.78, 5) is 74.6. The van der Waals surface area contributed by atoms with Crippen LogP contribution in [0.15, 0.2) is 220 Å². The molecule has 6 aromatic carbocycles. The minimum atomic E-state index is -0.999. The lowest BCUT2D eigenvalue weighted by molar-refractivity contribution is 0.0696. The molecule has 0 atom stereocenters. The van der Waals surface area contributed by atoms with Crippen LogP contribution in [0, 0.1) is 34.0 Å². The first kappa shape index (κ1) is 74.5. The standard InChI is InChI=1S/2C27H19ClN6O.C17H10ClN3O2.C10H11N3.CH4/c2*28-22-11-20-8-17(9-21(13-29)25(20)33-15-22)10-23-12-19(4-5-31-23)27(35)34-14-16-1-2-24-18(7-16)3-6-32-26(24)30;18-14-6-12-3-10(4-13(8-19)16(12)21-9-14)5-15-7-11(17(22)23)1-2-20-15;11-6-7-1-2-9-8(5-7)3-4-13-10(9)12;/h2*1-9,11-12,15H,10,14H2,(H2,30,32)(H,34,35);1-4,6-7,9H,5H2,(H,22,23);1-5H,6,11H2,(H2,12,13);1H4. The highest BCUT2D eigenvalue weighted by Gasteiger charge is 2.16. The lowest BCUT2D eigenvalue weighted by atomic mass is 10.0. The van der Waals surface area contributed by atoms with Crippen LogP contribution in [0.4, 0.5) is 17.5 Å². The number of rotatable bonds is 14. The maximum Gasteiger partial charge on any atom is 0.335 e. The van der Waals surface area contributed by atoms with E-state index in [0.29, 0.717) is 133 Å². The molecule has 25 heteroatoms. The lowest BCUT2D eigenvalue weighted by Crippen LogP contribution is -2.23. The molecule has 0 spiro atoms. The number of aromatic nitrogens is 9. The monoisotopic (exact) mass is 1470 g/mol. The Morgan fingerprint density at radius 3 is 1.02 bits per heavy atom. The number of carboxylic acids is 1. The molecular weight excluding hydrogens is 1410 g/mol. The van der Waals surface area contributed by atoms with E-state index in [9.17, 15) is 30.2 Å². The summed E-state index contributed by atoms with van der Waals surface area (Å²) in [7, 11) is 0. The van der Waals surface area contributed by atoms with Crippen LogP contribution in [0.3, 0.4) is 0 Å². The Labute approximate surface area is 628 Å². The number of halogens is 3. The maximum absolute atomic E-state index is 12.8. The number of carbonyl (C=O) groups is 3. The predicted octanol–water partition coefficient (Wildman–Crippen LogP) is 15.0. The van der Waals surface area contributed by atoms with Crippen LogP contribution in [0.5, 0.6) is 0 Å². The zero-order chi connectivity index (χ0) is 74.4. The maximum atomic E-state index is 12.8. The SMILES string of the molecule is C.N#Cc1cc(Cc2cc(C(=O)NCc3ccc4c(N)nccc4c3)ccn2)cc2cc(Cl)cnc12.N#Cc1cc(Cc2cc(C(=O)NCc3ccc4c(N)nccc4c3)ccn2)cc2cc(Cl)cnc12.N#Cc1cc(Cc2cc(C(=O)O)ccn2)cc2cc(Cl)cnc12.NCc1ccc2c(N)nccc2c1. The van der Waals surface area contributed by atoms with Crippen molar-refractivity contribution >= 4 is 135 Å². The molecule has 0 bridgehead atoms. The Bertz CT molecular complexity index is 5840. The first-order valence-electron chi connectivity index (χ1n) is 32.6. The van der Waals surface area contributed by atoms with Crippen LogP contribution in [0.25, 0.3) is 65.0 Å². The molecule has 15 rings (SSSR count). The van der Waals surface area contributed by atoms with E-state index >= 15 is 0 Å². The fourth-order valence-corrected chi connectivity index (χ4v) is 12.4. The molecule has 0 aliphatic heterocycles. The molecule has 9 heterocycles. The largest absolute Gasteiger partial charge is 0.478 e. The van der Waals surface area contributed by atoms with Gasteiger partial charge in [0.05, 0.1) is 53.9 Å². The van der Waals surface area contributed by atoms with Crippen molar-refractivity contribution in [1.29, 1.82) is 15.8 Å². The van der Waals surface area contributed by atoms with E-state index in [2.05, 4.69) is 73.7 Å². The van der Waals surface area contributed by atoms with Crippen molar-refractivity contribution in [3.8, 4) is 18.2 Å². The van der Waals surface area contributed by atoms with Crippen molar-refractivity contribution in [2.24, 2.45) is 5.73 Å². The number of nitrogens with zero attached hydrogens (tertiary/aromatic N) is 12. The van der Waals surface area contributed by atoms with Gasteiger partial charge in [-0.25, -0.2) is 19.7 Å². The average molecular weight is 1470 g/mol. The van der Waals surface area contributed by atoms with Gasteiger partial charge in [0.15, 0.2) is 0 Å². The second-order valence-corrected chi connectivity index (χ2v) is 25.5. The molecular formula is C82H63Cl3N18O4. The number of benzene rings is 6. The van der Waals surface area contributed by atoms with Crippen molar-refractivity contribution in [2.45, 2.75) is 46.3 Å². The number of nitrogens with two attached hydrogens (primary N) is 4. The van der Waals surface area contributed by atoms with Crippen molar-refractivity contribution in [3.05, 3.63) is 318 Å². The normalized spacial score (nSPS) is 10.6. The molecule has 0 aliphatic carbocycles. The highest BCUT2D eigenvalue weighted by Crippen LogP contribution is 2.29. The van der Waals surface area contributed by atoms with Gasteiger partial charge in [0.25, 0.3) is 11.8 Å². The van der Waals surface area contributed by atoms with Gasteiger partial charge in [-0.05, 0) is 177 Å². The highest BCUT2D eigenvalue weighted by molar-refractivity contribution is 6.32. The number of hydrogen-bond acceptors (Lipinski definition) is 19. The second-order valence-electron chi connectivity index (χ2n) is 24.2. The molecule has 11 N–H and O–H groups in total. The number of nitrogens with one attached hydrogen (secondary N) is 2. The fraction of sp³-hybridized carbons (Fsp3) is 0.0854. The van der Waals surface area contributed by atoms with Crippen LogP contribution in [0.2, 0.25) is 15.1 Å². The molecule has 526 valence electrons. The Morgan fingerprint density at radius 2 is 0.682 bits per heavy atom. The zero-order valence-corrected chi connectivity index (χ0v) is 58.3. The van der Waals surface area contributed by atoms with E-state index in [1.807, 2.05) is 91.0 Å². The van der Waals surface area contributed by atoms with Crippen LogP contribution < -0.4 is 33.6 Å². The van der Waals surface area contributed by atoms with Gasteiger partial charge in [0, 0.05) is 155 Å². The second kappa shape index (κ2) is 34.1. The number of hydrogen-bond donors (Lipinski definition) is 7. The quantitative estimate of drug-likeness (QED) is 0.0531. The Balaban J connectivity index is 0.000000149. The summed E-state index contributed by atoms with van der Waals surface area (Å²) in [6.45, 7) is 1.30. The van der Waals surface area contributed by atoms with E-state index in [0.717, 1.165) is 81.9 Å². The number of nitriles is 3. The summed E-state index contributed by atoms with van der Waals surface area (Å²) in [6.07, 6.45) is 15.6. The number of nitrogen functional groups attached to an aromatic ring is 3. The third kappa shape index (κ3) is 18.4. The average Bonchev–Trinajstić information content (AvgIpc) is 0.806. The number of aromatic carboxylic acids is 1. The number of carbonyl (C=O) groups excluding carboxylic acids is 2. The number of anilines is 3. The number of fused-ring (bicyclic) bond motifs is 6. The Hall–Kier alpha value is -13.7. The minimum absolute atomic E-state index is 0. The van der Waals surface area contributed by atoms with E-state index in [4.69, 9.17) is 62.8 Å². The number of amides is 2. The third-order valence-electron chi connectivity index (χ3n) is 16.9. The fourth-order valence-electron chi connectivity index (χ4n) is 11.9. The first-order valence-corrected chi connectivity index (χ1v) is 33.7. The van der Waals surface area contributed by atoms with Crippen molar-refractivity contribution in [1.82, 2.24) is 55.5 Å². The molecule has 2 amide bonds. The van der Waals surface area contributed by atoms with Gasteiger partial charge in [-0.3, -0.25) is 39.5 Å². The van der Waals surface area contributed by atoms with Gasteiger partial charge in [-0.2, -0.15) is 15.8 Å². The summed E-state index contributed by atoms with van der Waals surface area (Å²) in [5.74, 6) is 0.137. The molecule has 0 fully saturated rings. The van der Waals surface area contributed by atoms with E-state index in [-0.39, 0.29) is 24.8 Å². The van der Waals surface area contributed by atoms with Crippen molar-refractivity contribution in [2.75, 3.05) is 17.2 Å². The molecule has 22 nitrogen and oxygen atoms in total. The number of pyridine rings is 9. The van der Waals surface area contributed by atoms with E-state index in [1.54, 1.807) is 91.6 Å². The molecule has 0 unspecified atom stereocenters. The smallest absolute Gasteiger partial charge is 0.335 e. The summed E-state index contributed by atoms with van der Waals surface area (Å²) in [5, 5.41) is 52.9. The summed E-state index contributed by atoms with van der Waals surface area (Å²) in [5.41, 5.74) is 35.1. The highest BCUT2D eigenvalue weighted by atomic mass is 35.5. The van der Waals surface area contributed by atoms with E-state index in [1.165, 1.54) is 36.9 Å². The van der Waals surface area contributed by atoms with Gasteiger partial charge < -0.3 is 38.7 Å². The number of carboxylic acid groups (broad SMARTS) is 1. The van der Waals surface area contributed by atoms with Gasteiger partial charge in [-0.15, -0.1) is 0 Å². The molecule has 0 saturated carbocycles. The summed E-state index contributed by atoms with van der Waals surface area (Å²) >= 11 is 18.1. The molecule has 0 aliphatic rings. The van der Waals surface area contributed by atoms with Crippen molar-refractivity contribution in [3.63, 3.8) is 0 Å². The van der Waals surface area contributed by atoms with Crippen LogP contribution >= 0.6 is 34.8 Å². The third-order valence-corrected chi connectivity index (χ3v) is 17.5. The molecule has 0 radical (unpaired) electrons. The first-order chi connectivity index (χ1) is 51.4. The molecule has 15 aromatic rings. The van der Waals surface area contributed by atoms with Crippen molar-refractivity contribution < 1.29 is 19.5 Å².